The van der Waals surface area contributed by atoms with Crippen LogP contribution in [0.15, 0.2) is 0 Å². The maximum atomic E-state index is 12.2. The summed E-state index contributed by atoms with van der Waals surface area (Å²) in [5, 5.41) is 6.67. The van der Waals surface area contributed by atoms with E-state index in [4.69, 9.17) is 0 Å². The molecule has 0 bridgehead atoms. The quantitative estimate of drug-likeness (QED) is 0.833. The molecule has 124 valence electrons. The highest BCUT2D eigenvalue weighted by Gasteiger charge is 2.28. The molecule has 1 saturated carbocycles. The molecule has 1 aliphatic carbocycles. The van der Waals surface area contributed by atoms with E-state index in [1.54, 1.807) is 0 Å². The van der Waals surface area contributed by atoms with Gasteiger partial charge in [-0.25, -0.2) is 0 Å². The van der Waals surface area contributed by atoms with Gasteiger partial charge in [0.05, 0.1) is 0 Å². The van der Waals surface area contributed by atoms with Gasteiger partial charge in [0.25, 0.3) is 0 Å². The Morgan fingerprint density at radius 3 is 2.33 bits per heavy atom. The van der Waals surface area contributed by atoms with Crippen molar-refractivity contribution in [3.8, 4) is 0 Å². The maximum Gasteiger partial charge on any atom is 0.220 e. The average Bonchev–Trinajstić information content (AvgIpc) is 2.42. The minimum absolute atomic E-state index is 0. The lowest BCUT2D eigenvalue weighted by atomic mass is 9.75. The van der Waals surface area contributed by atoms with Crippen LogP contribution in [0.25, 0.3) is 0 Å². The van der Waals surface area contributed by atoms with E-state index in [-0.39, 0.29) is 18.3 Å². The van der Waals surface area contributed by atoms with Crippen molar-refractivity contribution >= 4 is 18.3 Å². The first-order valence-corrected chi connectivity index (χ1v) is 8.46. The molecular formula is C17H33ClN2O. The lowest BCUT2D eigenvalue weighted by Crippen LogP contribution is -2.40. The van der Waals surface area contributed by atoms with Gasteiger partial charge in [-0.05, 0) is 68.9 Å². The van der Waals surface area contributed by atoms with Gasteiger partial charge < -0.3 is 10.6 Å². The molecule has 1 aliphatic heterocycles. The maximum absolute atomic E-state index is 12.2. The number of rotatable bonds is 4. The summed E-state index contributed by atoms with van der Waals surface area (Å²) < 4.78 is 0. The van der Waals surface area contributed by atoms with E-state index >= 15 is 0 Å². The summed E-state index contributed by atoms with van der Waals surface area (Å²) in [5.41, 5.74) is 0.476. The molecule has 1 unspecified atom stereocenters. The standard InChI is InChI=1S/C17H32N2O.ClH/c1-13(14-6-10-18-11-7-14)12-16(20)19-15-4-8-17(2,3)9-5-15;/h13-15,18H,4-12H2,1-3H3,(H,19,20);1H. The van der Waals surface area contributed by atoms with Crippen molar-refractivity contribution in [3.05, 3.63) is 0 Å². The number of hydrogen-bond acceptors (Lipinski definition) is 2. The molecule has 2 aliphatic rings. The molecule has 0 aromatic rings. The molecule has 1 saturated heterocycles. The molecule has 1 amide bonds. The predicted molar refractivity (Wildman–Crippen MR) is 90.8 cm³/mol. The lowest BCUT2D eigenvalue weighted by molar-refractivity contribution is -0.123. The zero-order valence-corrected chi connectivity index (χ0v) is 14.7. The van der Waals surface area contributed by atoms with Gasteiger partial charge in [0.2, 0.25) is 5.91 Å². The largest absolute Gasteiger partial charge is 0.353 e. The van der Waals surface area contributed by atoms with Gasteiger partial charge in [-0.1, -0.05) is 20.8 Å². The van der Waals surface area contributed by atoms with Crippen LogP contribution in [0.3, 0.4) is 0 Å². The Morgan fingerprint density at radius 1 is 1.19 bits per heavy atom. The number of hydrogen-bond donors (Lipinski definition) is 2. The van der Waals surface area contributed by atoms with Crippen LogP contribution in [-0.2, 0) is 4.79 Å². The van der Waals surface area contributed by atoms with Crippen molar-refractivity contribution in [2.24, 2.45) is 17.3 Å². The molecule has 0 aromatic heterocycles. The van der Waals surface area contributed by atoms with Crippen LogP contribution in [0.4, 0.5) is 0 Å². The molecule has 21 heavy (non-hydrogen) atoms. The van der Waals surface area contributed by atoms with E-state index in [1.165, 1.54) is 25.7 Å². The van der Waals surface area contributed by atoms with Gasteiger partial charge in [0.1, 0.15) is 0 Å². The van der Waals surface area contributed by atoms with Crippen LogP contribution < -0.4 is 10.6 Å². The Morgan fingerprint density at radius 2 is 1.76 bits per heavy atom. The summed E-state index contributed by atoms with van der Waals surface area (Å²) in [6, 6.07) is 0.427. The zero-order valence-electron chi connectivity index (χ0n) is 13.9. The fraction of sp³-hybridized carbons (Fsp3) is 0.941. The van der Waals surface area contributed by atoms with Crippen LogP contribution in [0.1, 0.15) is 65.7 Å². The second-order valence-electron chi connectivity index (χ2n) is 7.77. The monoisotopic (exact) mass is 316 g/mol. The van der Waals surface area contributed by atoms with E-state index < -0.39 is 0 Å². The first-order valence-electron chi connectivity index (χ1n) is 8.46. The van der Waals surface area contributed by atoms with Gasteiger partial charge in [-0.15, -0.1) is 12.4 Å². The topological polar surface area (TPSA) is 41.1 Å². The van der Waals surface area contributed by atoms with Crippen molar-refractivity contribution in [3.63, 3.8) is 0 Å². The fourth-order valence-corrected chi connectivity index (χ4v) is 3.70. The Labute approximate surface area is 136 Å². The molecule has 0 aromatic carbocycles. The molecule has 1 atom stereocenters. The number of carbonyl (C=O) groups is 1. The van der Waals surface area contributed by atoms with Gasteiger partial charge in [-0.2, -0.15) is 0 Å². The van der Waals surface area contributed by atoms with Crippen LogP contribution in [0, 0.1) is 17.3 Å². The van der Waals surface area contributed by atoms with E-state index in [0.29, 0.717) is 23.8 Å². The fourth-order valence-electron chi connectivity index (χ4n) is 3.70. The minimum atomic E-state index is 0. The van der Waals surface area contributed by atoms with E-state index in [0.717, 1.165) is 31.8 Å². The normalized spacial score (nSPS) is 24.9. The third-order valence-corrected chi connectivity index (χ3v) is 5.40. The zero-order chi connectivity index (χ0) is 14.6. The highest BCUT2D eigenvalue weighted by molar-refractivity contribution is 5.85. The molecule has 1 heterocycles. The Kier molecular flexibility index (Phi) is 7.49. The summed E-state index contributed by atoms with van der Waals surface area (Å²) in [7, 11) is 0. The third-order valence-electron chi connectivity index (χ3n) is 5.40. The molecule has 0 radical (unpaired) electrons. The van der Waals surface area contributed by atoms with Gasteiger partial charge in [0, 0.05) is 12.5 Å². The molecule has 2 N–H and O–H groups in total. The highest BCUT2D eigenvalue weighted by atomic mass is 35.5. The first-order chi connectivity index (χ1) is 9.46. The Balaban J connectivity index is 0.00000220. The average molecular weight is 317 g/mol. The van der Waals surface area contributed by atoms with Crippen molar-refractivity contribution in [2.45, 2.75) is 71.8 Å². The van der Waals surface area contributed by atoms with Crippen molar-refractivity contribution in [2.75, 3.05) is 13.1 Å². The molecule has 2 rings (SSSR count). The van der Waals surface area contributed by atoms with Crippen molar-refractivity contribution in [1.29, 1.82) is 0 Å². The van der Waals surface area contributed by atoms with E-state index in [1.807, 2.05) is 0 Å². The van der Waals surface area contributed by atoms with Crippen molar-refractivity contribution < 1.29 is 4.79 Å². The summed E-state index contributed by atoms with van der Waals surface area (Å²) in [5.74, 6) is 1.53. The van der Waals surface area contributed by atoms with Gasteiger partial charge in [-0.3, -0.25) is 4.79 Å². The van der Waals surface area contributed by atoms with Crippen molar-refractivity contribution in [1.82, 2.24) is 10.6 Å². The number of piperidine rings is 1. The SMILES string of the molecule is CC(CC(=O)NC1CCC(C)(C)CC1)C1CCNCC1.Cl. The molecule has 4 heteroatoms. The minimum Gasteiger partial charge on any atom is -0.353 e. The molecule has 0 spiro atoms. The number of amides is 1. The summed E-state index contributed by atoms with van der Waals surface area (Å²) >= 11 is 0. The number of carbonyl (C=O) groups excluding carboxylic acids is 1. The Hall–Kier alpha value is -0.280. The first kappa shape index (κ1) is 18.8. The van der Waals surface area contributed by atoms with E-state index in [2.05, 4.69) is 31.4 Å². The summed E-state index contributed by atoms with van der Waals surface area (Å²) in [6.45, 7) is 9.16. The highest BCUT2D eigenvalue weighted by Crippen LogP contribution is 2.35. The van der Waals surface area contributed by atoms with Gasteiger partial charge in [0.15, 0.2) is 0 Å². The predicted octanol–water partition coefficient (Wildman–Crippen LogP) is 3.52. The third kappa shape index (κ3) is 6.15. The number of nitrogens with one attached hydrogen (secondary N) is 2. The molecule has 2 fully saturated rings. The Bertz CT molecular complexity index is 317. The van der Waals surface area contributed by atoms with Crippen LogP contribution >= 0.6 is 12.4 Å². The van der Waals surface area contributed by atoms with Crippen LogP contribution in [-0.4, -0.2) is 25.0 Å². The van der Waals surface area contributed by atoms with Crippen LogP contribution in [0.2, 0.25) is 0 Å². The summed E-state index contributed by atoms with van der Waals surface area (Å²) in [6.07, 6.45) is 7.95. The van der Waals surface area contributed by atoms with E-state index in [9.17, 15) is 4.79 Å². The molecular weight excluding hydrogens is 284 g/mol. The summed E-state index contributed by atoms with van der Waals surface area (Å²) in [4.78, 5) is 12.2. The van der Waals surface area contributed by atoms with Crippen LogP contribution in [0.5, 0.6) is 0 Å². The molecule has 3 nitrogen and oxygen atoms in total. The second-order valence-corrected chi connectivity index (χ2v) is 7.77. The smallest absolute Gasteiger partial charge is 0.220 e. The lowest BCUT2D eigenvalue weighted by Gasteiger charge is -2.35. The number of halogens is 1. The van der Waals surface area contributed by atoms with Gasteiger partial charge >= 0.3 is 0 Å². The second kappa shape index (κ2) is 8.38.